The highest BCUT2D eigenvalue weighted by Crippen LogP contribution is 2.26. The van der Waals surface area contributed by atoms with E-state index in [9.17, 15) is 4.79 Å². The van der Waals surface area contributed by atoms with Gasteiger partial charge in [-0.2, -0.15) is 4.52 Å². The number of fused-ring (bicyclic) bond motifs is 3. The molecule has 152 valence electrons. The molecule has 1 atom stereocenters. The van der Waals surface area contributed by atoms with Gasteiger partial charge in [-0.3, -0.25) is 4.79 Å². The highest BCUT2D eigenvalue weighted by Gasteiger charge is 2.23. The monoisotopic (exact) mass is 402 g/mol. The third-order valence-electron chi connectivity index (χ3n) is 5.37. The van der Waals surface area contributed by atoms with Gasteiger partial charge in [0.15, 0.2) is 11.5 Å². The summed E-state index contributed by atoms with van der Waals surface area (Å²) in [6, 6.07) is 15.1. The molecule has 2 N–H and O–H groups in total. The van der Waals surface area contributed by atoms with E-state index in [1.54, 1.807) is 11.6 Å². The number of nitrogens with one attached hydrogen (secondary N) is 2. The molecular weight excluding hydrogens is 380 g/mol. The molecule has 5 rings (SSSR count). The molecule has 8 nitrogen and oxygen atoms in total. The highest BCUT2D eigenvalue weighted by molar-refractivity contribution is 5.93. The zero-order valence-electron chi connectivity index (χ0n) is 16.6. The molecule has 0 spiro atoms. The quantitative estimate of drug-likeness (QED) is 0.545. The first-order valence-corrected chi connectivity index (χ1v) is 10.1. The Morgan fingerprint density at radius 2 is 1.93 bits per heavy atom. The largest absolute Gasteiger partial charge is 0.497 e. The van der Waals surface area contributed by atoms with Gasteiger partial charge < -0.3 is 15.4 Å². The fraction of sp³-hybridized carbons (Fsp3) is 0.273. The van der Waals surface area contributed by atoms with E-state index in [0.717, 1.165) is 41.5 Å². The number of benzene rings is 2. The molecule has 2 aromatic carbocycles. The van der Waals surface area contributed by atoms with Gasteiger partial charge in [0.25, 0.3) is 0 Å². The molecule has 0 unspecified atom stereocenters. The number of amides is 1. The standard InChI is InChI=1S/C22H22N6O2/c1-30-15-11-9-14(10-12-15)19-26-20-16-6-2-3-7-17(16)24-22(28(20)27-19)25-18-8-4-5-13-23-21(18)29/h2-3,6-7,9-12,18H,4-5,8,13H2,1H3,(H,23,29)(H,24,25)/t18-/m1/s1. The lowest BCUT2D eigenvalue weighted by Gasteiger charge is -2.16. The summed E-state index contributed by atoms with van der Waals surface area (Å²) in [5, 5.41) is 11.9. The fourth-order valence-corrected chi connectivity index (χ4v) is 3.74. The number of para-hydroxylation sites is 1. The minimum absolute atomic E-state index is 0.00824. The van der Waals surface area contributed by atoms with Crippen LogP contribution in [0.5, 0.6) is 5.75 Å². The molecule has 1 aliphatic heterocycles. The number of hydrogen-bond donors (Lipinski definition) is 2. The highest BCUT2D eigenvalue weighted by atomic mass is 16.5. The lowest BCUT2D eigenvalue weighted by atomic mass is 10.1. The van der Waals surface area contributed by atoms with Crippen LogP contribution in [-0.2, 0) is 4.79 Å². The lowest BCUT2D eigenvalue weighted by molar-refractivity contribution is -0.121. The minimum Gasteiger partial charge on any atom is -0.497 e. The maximum Gasteiger partial charge on any atom is 0.242 e. The zero-order valence-corrected chi connectivity index (χ0v) is 16.6. The van der Waals surface area contributed by atoms with Crippen molar-refractivity contribution in [2.24, 2.45) is 0 Å². The van der Waals surface area contributed by atoms with Crippen molar-refractivity contribution < 1.29 is 9.53 Å². The summed E-state index contributed by atoms with van der Waals surface area (Å²) < 4.78 is 6.94. The summed E-state index contributed by atoms with van der Waals surface area (Å²) in [7, 11) is 1.64. The van der Waals surface area contributed by atoms with Crippen molar-refractivity contribution in [3.8, 4) is 17.1 Å². The number of aromatic nitrogens is 4. The van der Waals surface area contributed by atoms with Crippen LogP contribution in [-0.4, -0.2) is 45.2 Å². The maximum absolute atomic E-state index is 12.4. The van der Waals surface area contributed by atoms with Crippen molar-refractivity contribution in [1.29, 1.82) is 0 Å². The Labute approximate surface area is 173 Å². The summed E-state index contributed by atoms with van der Waals surface area (Å²) in [6.07, 6.45) is 2.71. The van der Waals surface area contributed by atoms with Gasteiger partial charge in [-0.1, -0.05) is 12.1 Å². The molecule has 1 amide bonds. The number of ether oxygens (including phenoxy) is 1. The van der Waals surface area contributed by atoms with Gasteiger partial charge in [-0.15, -0.1) is 5.10 Å². The Balaban J connectivity index is 1.63. The van der Waals surface area contributed by atoms with Gasteiger partial charge in [0.05, 0.1) is 12.6 Å². The van der Waals surface area contributed by atoms with Crippen LogP contribution in [0.2, 0.25) is 0 Å². The Morgan fingerprint density at radius 3 is 2.77 bits per heavy atom. The number of nitrogens with zero attached hydrogens (tertiary/aromatic N) is 4. The van der Waals surface area contributed by atoms with Crippen LogP contribution < -0.4 is 15.4 Å². The van der Waals surface area contributed by atoms with Crippen molar-refractivity contribution in [2.75, 3.05) is 19.0 Å². The predicted molar refractivity (Wildman–Crippen MR) is 115 cm³/mol. The van der Waals surface area contributed by atoms with Gasteiger partial charge in [0.1, 0.15) is 11.8 Å². The van der Waals surface area contributed by atoms with E-state index in [4.69, 9.17) is 19.8 Å². The van der Waals surface area contributed by atoms with Gasteiger partial charge in [-0.05, 0) is 55.7 Å². The molecule has 1 saturated heterocycles. The van der Waals surface area contributed by atoms with Crippen LogP contribution in [0.1, 0.15) is 19.3 Å². The molecule has 8 heteroatoms. The smallest absolute Gasteiger partial charge is 0.242 e. The molecule has 0 bridgehead atoms. The molecule has 1 fully saturated rings. The van der Waals surface area contributed by atoms with E-state index in [1.165, 1.54) is 0 Å². The fourth-order valence-electron chi connectivity index (χ4n) is 3.74. The van der Waals surface area contributed by atoms with Crippen molar-refractivity contribution in [3.63, 3.8) is 0 Å². The number of carbonyl (C=O) groups is 1. The third kappa shape index (κ3) is 3.30. The summed E-state index contributed by atoms with van der Waals surface area (Å²) in [5.41, 5.74) is 2.37. The molecule has 0 radical (unpaired) electrons. The Kier molecular flexibility index (Phi) is 4.66. The zero-order chi connectivity index (χ0) is 20.5. The van der Waals surface area contributed by atoms with Gasteiger partial charge in [0.2, 0.25) is 11.9 Å². The lowest BCUT2D eigenvalue weighted by Crippen LogP contribution is -2.38. The van der Waals surface area contributed by atoms with E-state index < -0.39 is 0 Å². The van der Waals surface area contributed by atoms with E-state index in [0.29, 0.717) is 24.0 Å². The summed E-state index contributed by atoms with van der Waals surface area (Å²) in [5.74, 6) is 1.87. The average Bonchev–Trinajstić information content (AvgIpc) is 3.14. The topological polar surface area (TPSA) is 93.4 Å². The van der Waals surface area contributed by atoms with Crippen molar-refractivity contribution in [2.45, 2.75) is 25.3 Å². The number of carbonyl (C=O) groups excluding carboxylic acids is 1. The number of hydrogen-bond acceptors (Lipinski definition) is 6. The first kappa shape index (κ1) is 18.4. The van der Waals surface area contributed by atoms with Gasteiger partial charge in [0, 0.05) is 17.5 Å². The Bertz CT molecular complexity index is 1220. The first-order chi connectivity index (χ1) is 14.7. The van der Waals surface area contributed by atoms with Crippen LogP contribution in [0.3, 0.4) is 0 Å². The second kappa shape index (κ2) is 7.62. The van der Waals surface area contributed by atoms with Crippen molar-refractivity contribution in [1.82, 2.24) is 24.9 Å². The summed E-state index contributed by atoms with van der Waals surface area (Å²) in [4.78, 5) is 22.0. The van der Waals surface area contributed by atoms with Crippen molar-refractivity contribution in [3.05, 3.63) is 48.5 Å². The van der Waals surface area contributed by atoms with Crippen molar-refractivity contribution >= 4 is 28.4 Å². The third-order valence-corrected chi connectivity index (χ3v) is 5.37. The molecule has 0 saturated carbocycles. The summed E-state index contributed by atoms with van der Waals surface area (Å²) >= 11 is 0. The average molecular weight is 402 g/mol. The molecule has 30 heavy (non-hydrogen) atoms. The van der Waals surface area contributed by atoms with E-state index in [-0.39, 0.29) is 11.9 Å². The van der Waals surface area contributed by atoms with Crippen LogP contribution in [0.15, 0.2) is 48.5 Å². The number of anilines is 1. The van der Waals surface area contributed by atoms with Crippen LogP contribution in [0, 0.1) is 0 Å². The second-order valence-corrected chi connectivity index (χ2v) is 7.34. The normalized spacial score (nSPS) is 17.0. The van der Waals surface area contributed by atoms with Gasteiger partial charge in [-0.25, -0.2) is 9.97 Å². The van der Waals surface area contributed by atoms with E-state index in [2.05, 4.69) is 10.6 Å². The first-order valence-electron chi connectivity index (χ1n) is 10.1. The molecule has 2 aromatic heterocycles. The molecule has 1 aliphatic rings. The summed E-state index contributed by atoms with van der Waals surface area (Å²) in [6.45, 7) is 0.711. The molecule has 3 heterocycles. The molecular formula is C22H22N6O2. The van der Waals surface area contributed by atoms with Gasteiger partial charge >= 0.3 is 0 Å². The van der Waals surface area contributed by atoms with E-state index in [1.807, 2.05) is 48.5 Å². The van der Waals surface area contributed by atoms with Crippen LogP contribution >= 0.6 is 0 Å². The Hall–Kier alpha value is -3.68. The number of rotatable bonds is 4. The molecule has 0 aliphatic carbocycles. The minimum atomic E-state index is -0.349. The predicted octanol–water partition coefficient (Wildman–Crippen LogP) is 3.03. The van der Waals surface area contributed by atoms with Crippen LogP contribution in [0.25, 0.3) is 27.9 Å². The maximum atomic E-state index is 12.4. The SMILES string of the molecule is COc1ccc(-c2nc3c4ccccc4nc(N[C@@H]4CCCCNC4=O)n3n2)cc1. The number of methoxy groups -OCH3 is 1. The second-order valence-electron chi connectivity index (χ2n) is 7.34. The Morgan fingerprint density at radius 1 is 1.10 bits per heavy atom. The van der Waals surface area contributed by atoms with Crippen LogP contribution in [0.4, 0.5) is 5.95 Å². The van der Waals surface area contributed by atoms with E-state index >= 15 is 0 Å². The molecule has 4 aromatic rings.